The molecule has 0 aliphatic heterocycles. The van der Waals surface area contributed by atoms with Crippen LogP contribution in [0.1, 0.15) is 21.6 Å². The van der Waals surface area contributed by atoms with E-state index >= 15 is 0 Å². The molecule has 0 radical (unpaired) electrons. The molecule has 1 N–H and O–H groups in total. The number of benzene rings is 1. The molecule has 5 nitrogen and oxygen atoms in total. The SMILES string of the molecule is N#Cc1ccc(C(=O)N(CCO)Cc2ccccc2)nc1. The predicted molar refractivity (Wildman–Crippen MR) is 77.2 cm³/mol. The second kappa shape index (κ2) is 7.17. The minimum absolute atomic E-state index is 0.116. The Hall–Kier alpha value is -2.71. The molecule has 1 amide bonds. The van der Waals surface area contributed by atoms with Gasteiger partial charge >= 0.3 is 0 Å². The van der Waals surface area contributed by atoms with Crippen molar-refractivity contribution in [2.45, 2.75) is 6.54 Å². The van der Waals surface area contributed by atoms with Crippen molar-refractivity contribution in [3.63, 3.8) is 0 Å². The van der Waals surface area contributed by atoms with E-state index in [1.54, 1.807) is 6.07 Å². The first kappa shape index (κ1) is 14.7. The van der Waals surface area contributed by atoms with Gasteiger partial charge in [0.2, 0.25) is 0 Å². The Morgan fingerprint density at radius 1 is 1.24 bits per heavy atom. The van der Waals surface area contributed by atoms with Crippen LogP contribution in [0.25, 0.3) is 0 Å². The van der Waals surface area contributed by atoms with E-state index in [4.69, 9.17) is 10.4 Å². The molecule has 0 bridgehead atoms. The fourth-order valence-corrected chi connectivity index (χ4v) is 1.93. The third-order valence-electron chi connectivity index (χ3n) is 2.99. The highest BCUT2D eigenvalue weighted by molar-refractivity contribution is 5.92. The van der Waals surface area contributed by atoms with E-state index in [2.05, 4.69) is 4.98 Å². The number of carbonyl (C=O) groups is 1. The zero-order valence-electron chi connectivity index (χ0n) is 11.4. The summed E-state index contributed by atoms with van der Waals surface area (Å²) in [5, 5.41) is 17.9. The number of hydrogen-bond donors (Lipinski definition) is 1. The third kappa shape index (κ3) is 3.88. The molecule has 0 saturated carbocycles. The van der Waals surface area contributed by atoms with Gasteiger partial charge in [0.1, 0.15) is 11.8 Å². The van der Waals surface area contributed by atoms with E-state index < -0.39 is 0 Å². The minimum atomic E-state index is -0.266. The summed E-state index contributed by atoms with van der Waals surface area (Å²) in [5.41, 5.74) is 1.65. The van der Waals surface area contributed by atoms with Crippen molar-refractivity contribution in [2.24, 2.45) is 0 Å². The van der Waals surface area contributed by atoms with E-state index in [0.717, 1.165) is 5.56 Å². The first-order chi connectivity index (χ1) is 10.2. The van der Waals surface area contributed by atoms with E-state index in [9.17, 15) is 4.79 Å². The molecule has 2 rings (SSSR count). The third-order valence-corrected chi connectivity index (χ3v) is 2.99. The Morgan fingerprint density at radius 3 is 2.57 bits per heavy atom. The number of carbonyl (C=O) groups excluding carboxylic acids is 1. The van der Waals surface area contributed by atoms with Crippen LogP contribution in [0.4, 0.5) is 0 Å². The first-order valence-corrected chi connectivity index (χ1v) is 6.55. The van der Waals surface area contributed by atoms with Crippen molar-refractivity contribution in [3.05, 3.63) is 65.5 Å². The Morgan fingerprint density at radius 2 is 2.00 bits per heavy atom. The molecule has 106 valence electrons. The number of rotatable bonds is 5. The average molecular weight is 281 g/mol. The van der Waals surface area contributed by atoms with Crippen LogP contribution in [0.3, 0.4) is 0 Å². The van der Waals surface area contributed by atoms with E-state index in [1.807, 2.05) is 36.4 Å². The zero-order valence-corrected chi connectivity index (χ0v) is 11.4. The Labute approximate surface area is 123 Å². The monoisotopic (exact) mass is 281 g/mol. The average Bonchev–Trinajstić information content (AvgIpc) is 2.55. The van der Waals surface area contributed by atoms with Crippen LogP contribution in [0, 0.1) is 11.3 Å². The molecule has 0 unspecified atom stereocenters. The zero-order chi connectivity index (χ0) is 15.1. The van der Waals surface area contributed by atoms with Crippen LogP contribution in [0.15, 0.2) is 48.7 Å². The molecular weight excluding hydrogens is 266 g/mol. The molecule has 1 aromatic carbocycles. The lowest BCUT2D eigenvalue weighted by molar-refractivity contribution is 0.0702. The molecule has 5 heteroatoms. The van der Waals surface area contributed by atoms with Gasteiger partial charge in [-0.3, -0.25) is 4.79 Å². The van der Waals surface area contributed by atoms with Gasteiger partial charge in [0.05, 0.1) is 12.2 Å². The summed E-state index contributed by atoms with van der Waals surface area (Å²) in [4.78, 5) is 17.9. The van der Waals surface area contributed by atoms with Gasteiger partial charge in [-0.1, -0.05) is 30.3 Å². The van der Waals surface area contributed by atoms with Crippen molar-refractivity contribution in [3.8, 4) is 6.07 Å². The van der Waals surface area contributed by atoms with Crippen molar-refractivity contribution < 1.29 is 9.90 Å². The quantitative estimate of drug-likeness (QED) is 0.902. The number of aromatic nitrogens is 1. The number of pyridine rings is 1. The van der Waals surface area contributed by atoms with E-state index in [-0.39, 0.29) is 24.8 Å². The van der Waals surface area contributed by atoms with Gasteiger partial charge in [0, 0.05) is 19.3 Å². The smallest absolute Gasteiger partial charge is 0.272 e. The number of nitrogens with zero attached hydrogens (tertiary/aromatic N) is 3. The maximum atomic E-state index is 12.4. The molecule has 21 heavy (non-hydrogen) atoms. The summed E-state index contributed by atoms with van der Waals surface area (Å²) >= 11 is 0. The molecule has 0 aliphatic carbocycles. The Bertz CT molecular complexity index is 633. The fourth-order valence-electron chi connectivity index (χ4n) is 1.93. The molecule has 1 aromatic heterocycles. The molecule has 0 atom stereocenters. The van der Waals surface area contributed by atoms with E-state index in [1.165, 1.54) is 17.2 Å². The van der Waals surface area contributed by atoms with Gasteiger partial charge in [-0.05, 0) is 17.7 Å². The minimum Gasteiger partial charge on any atom is -0.395 e. The number of amides is 1. The summed E-state index contributed by atoms with van der Waals surface area (Å²) in [5.74, 6) is -0.266. The summed E-state index contributed by atoms with van der Waals surface area (Å²) in [7, 11) is 0. The van der Waals surface area contributed by atoms with Crippen LogP contribution in [-0.2, 0) is 6.54 Å². The lowest BCUT2D eigenvalue weighted by Crippen LogP contribution is -2.33. The second-order valence-corrected chi connectivity index (χ2v) is 4.48. The van der Waals surface area contributed by atoms with Gasteiger partial charge in [-0.15, -0.1) is 0 Å². The molecular formula is C16H15N3O2. The summed E-state index contributed by atoms with van der Waals surface area (Å²) in [6, 6.07) is 14.6. The van der Waals surface area contributed by atoms with Gasteiger partial charge in [-0.2, -0.15) is 5.26 Å². The summed E-state index contributed by atoms with van der Waals surface area (Å²) < 4.78 is 0. The molecule has 0 spiro atoms. The van der Waals surface area contributed by atoms with Crippen LogP contribution < -0.4 is 0 Å². The highest BCUT2D eigenvalue weighted by atomic mass is 16.3. The fraction of sp³-hybridized carbons (Fsp3) is 0.188. The normalized spacial score (nSPS) is 9.90. The van der Waals surface area contributed by atoms with Gasteiger partial charge < -0.3 is 10.0 Å². The Kier molecular flexibility index (Phi) is 5.02. The maximum Gasteiger partial charge on any atom is 0.272 e. The first-order valence-electron chi connectivity index (χ1n) is 6.55. The second-order valence-electron chi connectivity index (χ2n) is 4.48. The van der Waals surface area contributed by atoms with Crippen molar-refractivity contribution >= 4 is 5.91 Å². The number of aliphatic hydroxyl groups excluding tert-OH is 1. The lowest BCUT2D eigenvalue weighted by atomic mass is 10.2. The summed E-state index contributed by atoms with van der Waals surface area (Å²) in [6.45, 7) is 0.520. The largest absolute Gasteiger partial charge is 0.395 e. The molecule has 0 saturated heterocycles. The molecule has 0 fully saturated rings. The lowest BCUT2D eigenvalue weighted by Gasteiger charge is -2.21. The van der Waals surface area contributed by atoms with Crippen LogP contribution in [-0.4, -0.2) is 34.0 Å². The van der Waals surface area contributed by atoms with Crippen molar-refractivity contribution in [1.29, 1.82) is 5.26 Å². The van der Waals surface area contributed by atoms with Crippen LogP contribution in [0.5, 0.6) is 0 Å². The predicted octanol–water partition coefficient (Wildman–Crippen LogP) is 1.59. The van der Waals surface area contributed by atoms with E-state index in [0.29, 0.717) is 12.1 Å². The molecule has 1 heterocycles. The van der Waals surface area contributed by atoms with Crippen LogP contribution >= 0.6 is 0 Å². The Balaban J connectivity index is 2.16. The van der Waals surface area contributed by atoms with Crippen LogP contribution in [0.2, 0.25) is 0 Å². The van der Waals surface area contributed by atoms with Crippen molar-refractivity contribution in [1.82, 2.24) is 9.88 Å². The highest BCUT2D eigenvalue weighted by Crippen LogP contribution is 2.09. The topological polar surface area (TPSA) is 77.2 Å². The molecule has 2 aromatic rings. The van der Waals surface area contributed by atoms with Crippen molar-refractivity contribution in [2.75, 3.05) is 13.2 Å². The molecule has 0 aliphatic rings. The summed E-state index contributed by atoms with van der Waals surface area (Å²) in [6.07, 6.45) is 1.37. The maximum absolute atomic E-state index is 12.4. The number of nitriles is 1. The van der Waals surface area contributed by atoms with Gasteiger partial charge in [0.25, 0.3) is 5.91 Å². The highest BCUT2D eigenvalue weighted by Gasteiger charge is 2.16. The standard InChI is InChI=1S/C16H15N3O2/c17-10-14-6-7-15(18-11-14)16(21)19(8-9-20)12-13-4-2-1-3-5-13/h1-7,11,20H,8-9,12H2. The number of aliphatic hydroxyl groups is 1. The number of hydrogen-bond acceptors (Lipinski definition) is 4. The van der Waals surface area contributed by atoms with Gasteiger partial charge in [0.15, 0.2) is 0 Å². The van der Waals surface area contributed by atoms with Gasteiger partial charge in [-0.25, -0.2) is 4.98 Å².